The SMILES string of the molecule is COc1ccc2c(C#N)cn(C3CC3)c2c1. The highest BCUT2D eigenvalue weighted by Gasteiger charge is 2.25. The van der Waals surface area contributed by atoms with Crippen molar-refractivity contribution in [2.24, 2.45) is 0 Å². The van der Waals surface area contributed by atoms with Gasteiger partial charge in [0.05, 0.1) is 18.2 Å². The quantitative estimate of drug-likeness (QED) is 0.767. The summed E-state index contributed by atoms with van der Waals surface area (Å²) in [5.41, 5.74) is 1.86. The predicted molar refractivity (Wildman–Crippen MR) is 61.5 cm³/mol. The van der Waals surface area contributed by atoms with E-state index in [0.717, 1.165) is 22.2 Å². The number of nitrogens with zero attached hydrogens (tertiary/aromatic N) is 2. The second kappa shape index (κ2) is 3.28. The second-order valence-corrected chi connectivity index (χ2v) is 4.18. The maximum atomic E-state index is 9.08. The third-order valence-electron chi connectivity index (χ3n) is 3.10. The summed E-state index contributed by atoms with van der Waals surface area (Å²) in [6.45, 7) is 0. The molecule has 1 aromatic heterocycles. The molecule has 0 spiro atoms. The maximum Gasteiger partial charge on any atom is 0.120 e. The average Bonchev–Trinajstić information content (AvgIpc) is 3.10. The van der Waals surface area contributed by atoms with Crippen LogP contribution in [0.3, 0.4) is 0 Å². The molecular weight excluding hydrogens is 200 g/mol. The standard InChI is InChI=1S/C13H12N2O/c1-16-11-4-5-12-9(7-14)8-15(10-2-3-10)13(12)6-11/h4-6,8,10H,2-3H2,1H3. The van der Waals surface area contributed by atoms with Crippen molar-refractivity contribution in [1.29, 1.82) is 5.26 Å². The van der Waals surface area contributed by atoms with Gasteiger partial charge in [0.15, 0.2) is 0 Å². The van der Waals surface area contributed by atoms with Gasteiger partial charge in [-0.25, -0.2) is 0 Å². The zero-order chi connectivity index (χ0) is 11.1. The largest absolute Gasteiger partial charge is 0.497 e. The van der Waals surface area contributed by atoms with Gasteiger partial charge in [0, 0.05) is 23.7 Å². The van der Waals surface area contributed by atoms with Crippen LogP contribution in [-0.4, -0.2) is 11.7 Å². The smallest absolute Gasteiger partial charge is 0.120 e. The molecular formula is C13H12N2O. The van der Waals surface area contributed by atoms with Crippen LogP contribution in [-0.2, 0) is 0 Å². The predicted octanol–water partition coefficient (Wildman–Crippen LogP) is 2.86. The van der Waals surface area contributed by atoms with Crippen molar-refractivity contribution in [2.75, 3.05) is 7.11 Å². The molecule has 0 atom stereocenters. The van der Waals surface area contributed by atoms with Crippen LogP contribution >= 0.6 is 0 Å². The molecule has 80 valence electrons. The fourth-order valence-corrected chi connectivity index (χ4v) is 2.10. The summed E-state index contributed by atoms with van der Waals surface area (Å²) in [6, 6.07) is 8.70. The summed E-state index contributed by atoms with van der Waals surface area (Å²) < 4.78 is 7.43. The molecule has 1 saturated carbocycles. The fourth-order valence-electron chi connectivity index (χ4n) is 2.10. The highest BCUT2D eigenvalue weighted by molar-refractivity contribution is 5.87. The Morgan fingerprint density at radius 3 is 2.88 bits per heavy atom. The molecule has 1 fully saturated rings. The van der Waals surface area contributed by atoms with Crippen LogP contribution in [0.4, 0.5) is 0 Å². The van der Waals surface area contributed by atoms with E-state index >= 15 is 0 Å². The summed E-state index contributed by atoms with van der Waals surface area (Å²) in [6.07, 6.45) is 4.39. The molecule has 3 rings (SSSR count). The van der Waals surface area contributed by atoms with Crippen molar-refractivity contribution in [3.63, 3.8) is 0 Å². The van der Waals surface area contributed by atoms with Gasteiger partial charge in [-0.05, 0) is 25.0 Å². The maximum absolute atomic E-state index is 9.08. The lowest BCUT2D eigenvalue weighted by molar-refractivity contribution is 0.415. The number of hydrogen-bond acceptors (Lipinski definition) is 2. The fraction of sp³-hybridized carbons (Fsp3) is 0.308. The number of benzene rings is 1. The van der Waals surface area contributed by atoms with E-state index < -0.39 is 0 Å². The second-order valence-electron chi connectivity index (χ2n) is 4.18. The van der Waals surface area contributed by atoms with E-state index in [2.05, 4.69) is 10.6 Å². The summed E-state index contributed by atoms with van der Waals surface area (Å²) >= 11 is 0. The van der Waals surface area contributed by atoms with Gasteiger partial charge in [-0.2, -0.15) is 5.26 Å². The van der Waals surface area contributed by atoms with Gasteiger partial charge in [-0.15, -0.1) is 0 Å². The van der Waals surface area contributed by atoms with Crippen molar-refractivity contribution >= 4 is 10.9 Å². The van der Waals surface area contributed by atoms with Gasteiger partial charge >= 0.3 is 0 Å². The number of aromatic nitrogens is 1. The molecule has 0 saturated heterocycles. The van der Waals surface area contributed by atoms with Gasteiger partial charge in [-0.3, -0.25) is 0 Å². The minimum absolute atomic E-state index is 0.580. The first-order valence-electron chi connectivity index (χ1n) is 5.42. The molecule has 0 bridgehead atoms. The van der Waals surface area contributed by atoms with Gasteiger partial charge in [0.1, 0.15) is 11.8 Å². The Morgan fingerprint density at radius 2 is 2.25 bits per heavy atom. The van der Waals surface area contributed by atoms with E-state index in [1.165, 1.54) is 12.8 Å². The number of ether oxygens (including phenoxy) is 1. The van der Waals surface area contributed by atoms with E-state index in [1.54, 1.807) is 7.11 Å². The summed E-state index contributed by atoms with van der Waals surface area (Å²) in [5, 5.41) is 10.1. The average molecular weight is 212 g/mol. The topological polar surface area (TPSA) is 37.9 Å². The lowest BCUT2D eigenvalue weighted by Gasteiger charge is -2.04. The monoisotopic (exact) mass is 212 g/mol. The van der Waals surface area contributed by atoms with E-state index in [1.807, 2.05) is 24.4 Å². The highest BCUT2D eigenvalue weighted by atomic mass is 16.5. The molecule has 0 radical (unpaired) electrons. The number of hydrogen-bond donors (Lipinski definition) is 0. The number of rotatable bonds is 2. The third kappa shape index (κ3) is 1.27. The molecule has 3 nitrogen and oxygen atoms in total. The number of fused-ring (bicyclic) bond motifs is 1. The Balaban J connectivity index is 2.28. The first-order valence-corrected chi connectivity index (χ1v) is 5.42. The Hall–Kier alpha value is -1.95. The van der Waals surface area contributed by atoms with Crippen molar-refractivity contribution in [3.05, 3.63) is 30.0 Å². The molecule has 0 amide bonds. The lowest BCUT2D eigenvalue weighted by Crippen LogP contribution is -1.91. The van der Waals surface area contributed by atoms with E-state index in [-0.39, 0.29) is 0 Å². The summed E-state index contributed by atoms with van der Waals surface area (Å²) in [4.78, 5) is 0. The van der Waals surface area contributed by atoms with E-state index in [4.69, 9.17) is 10.00 Å². The zero-order valence-electron chi connectivity index (χ0n) is 9.10. The Morgan fingerprint density at radius 1 is 1.44 bits per heavy atom. The summed E-state index contributed by atoms with van der Waals surface area (Å²) in [5.74, 6) is 0.844. The molecule has 1 heterocycles. The van der Waals surface area contributed by atoms with Gasteiger partial charge in [-0.1, -0.05) is 0 Å². The van der Waals surface area contributed by atoms with Gasteiger partial charge < -0.3 is 9.30 Å². The van der Waals surface area contributed by atoms with Crippen LogP contribution in [0.2, 0.25) is 0 Å². The minimum Gasteiger partial charge on any atom is -0.497 e. The Bertz CT molecular complexity index is 588. The van der Waals surface area contributed by atoms with Crippen molar-refractivity contribution in [1.82, 2.24) is 4.57 Å². The van der Waals surface area contributed by atoms with Crippen LogP contribution in [0, 0.1) is 11.3 Å². The van der Waals surface area contributed by atoms with Gasteiger partial charge in [0.2, 0.25) is 0 Å². The molecule has 2 aromatic rings. The van der Waals surface area contributed by atoms with Crippen LogP contribution < -0.4 is 4.74 Å². The third-order valence-corrected chi connectivity index (χ3v) is 3.10. The van der Waals surface area contributed by atoms with Crippen molar-refractivity contribution in [3.8, 4) is 11.8 Å². The Labute approximate surface area is 93.9 Å². The number of nitriles is 1. The van der Waals surface area contributed by atoms with Gasteiger partial charge in [0.25, 0.3) is 0 Å². The summed E-state index contributed by atoms with van der Waals surface area (Å²) in [7, 11) is 1.66. The van der Waals surface area contributed by atoms with Crippen LogP contribution in [0.1, 0.15) is 24.4 Å². The first kappa shape index (κ1) is 9.29. The lowest BCUT2D eigenvalue weighted by atomic mass is 10.2. The van der Waals surface area contributed by atoms with Crippen molar-refractivity contribution < 1.29 is 4.74 Å². The van der Waals surface area contributed by atoms with E-state index in [9.17, 15) is 0 Å². The van der Waals surface area contributed by atoms with Crippen LogP contribution in [0.25, 0.3) is 10.9 Å². The first-order chi connectivity index (χ1) is 7.83. The molecule has 1 aliphatic rings. The molecule has 0 N–H and O–H groups in total. The number of methoxy groups -OCH3 is 1. The van der Waals surface area contributed by atoms with Crippen molar-refractivity contribution in [2.45, 2.75) is 18.9 Å². The molecule has 1 aromatic carbocycles. The van der Waals surface area contributed by atoms with Crippen LogP contribution in [0.15, 0.2) is 24.4 Å². The van der Waals surface area contributed by atoms with E-state index in [0.29, 0.717) is 6.04 Å². The molecule has 16 heavy (non-hydrogen) atoms. The zero-order valence-corrected chi connectivity index (χ0v) is 9.10. The normalized spacial score (nSPS) is 15.0. The molecule has 0 aliphatic heterocycles. The highest BCUT2D eigenvalue weighted by Crippen LogP contribution is 2.39. The molecule has 0 unspecified atom stereocenters. The Kier molecular flexibility index (Phi) is 1.90. The minimum atomic E-state index is 0.580. The molecule has 3 heteroatoms. The molecule has 1 aliphatic carbocycles. The van der Waals surface area contributed by atoms with Crippen LogP contribution in [0.5, 0.6) is 5.75 Å².